The molecule has 0 radical (unpaired) electrons. The van der Waals surface area contributed by atoms with Crippen molar-refractivity contribution < 1.29 is 14.3 Å². The zero-order valence-electron chi connectivity index (χ0n) is 13.3. The number of nitrogens with one attached hydrogen (secondary N) is 1. The highest BCUT2D eigenvalue weighted by atomic mass is 16.5. The van der Waals surface area contributed by atoms with Crippen LogP contribution in [0.2, 0.25) is 0 Å². The van der Waals surface area contributed by atoms with E-state index in [1.807, 2.05) is 0 Å². The lowest BCUT2D eigenvalue weighted by Gasteiger charge is -2.17. The summed E-state index contributed by atoms with van der Waals surface area (Å²) in [5.41, 5.74) is 6.85. The molecule has 0 aromatic heterocycles. The van der Waals surface area contributed by atoms with Gasteiger partial charge in [0.15, 0.2) is 0 Å². The molecule has 0 aliphatic carbocycles. The van der Waals surface area contributed by atoms with E-state index in [-0.39, 0.29) is 5.91 Å². The van der Waals surface area contributed by atoms with E-state index in [1.54, 1.807) is 32.2 Å². The minimum absolute atomic E-state index is 0.206. The summed E-state index contributed by atoms with van der Waals surface area (Å²) in [6, 6.07) is 5.11. The molecule has 0 saturated heterocycles. The van der Waals surface area contributed by atoms with E-state index in [4.69, 9.17) is 15.2 Å². The molecule has 2 unspecified atom stereocenters. The molecule has 21 heavy (non-hydrogen) atoms. The van der Waals surface area contributed by atoms with Gasteiger partial charge in [-0.05, 0) is 37.5 Å². The first-order chi connectivity index (χ1) is 9.97. The summed E-state index contributed by atoms with van der Waals surface area (Å²) in [5, 5.41) is 2.79. The molecule has 0 aliphatic rings. The minimum Gasteiger partial charge on any atom is -0.495 e. The first kappa shape index (κ1) is 17.3. The molecule has 118 valence electrons. The van der Waals surface area contributed by atoms with Crippen molar-refractivity contribution in [1.82, 2.24) is 0 Å². The quantitative estimate of drug-likeness (QED) is 0.723. The van der Waals surface area contributed by atoms with Crippen LogP contribution in [0.15, 0.2) is 18.2 Å². The van der Waals surface area contributed by atoms with Gasteiger partial charge in [-0.3, -0.25) is 4.79 Å². The van der Waals surface area contributed by atoms with Crippen LogP contribution in [-0.2, 0) is 9.53 Å². The first-order valence-corrected chi connectivity index (χ1v) is 7.33. The largest absolute Gasteiger partial charge is 0.495 e. The number of anilines is 2. The Balaban J connectivity index is 2.58. The number of benzene rings is 1. The first-order valence-electron chi connectivity index (χ1n) is 7.33. The fourth-order valence-corrected chi connectivity index (χ4v) is 2.02. The minimum atomic E-state index is -0.518. The molecule has 2 atom stereocenters. The predicted molar refractivity (Wildman–Crippen MR) is 85.5 cm³/mol. The molecule has 5 nitrogen and oxygen atoms in total. The van der Waals surface area contributed by atoms with Crippen LogP contribution in [0.4, 0.5) is 11.4 Å². The van der Waals surface area contributed by atoms with Crippen molar-refractivity contribution in [2.24, 2.45) is 5.92 Å². The topological polar surface area (TPSA) is 73.6 Å². The monoisotopic (exact) mass is 294 g/mol. The van der Waals surface area contributed by atoms with Gasteiger partial charge in [0.2, 0.25) is 0 Å². The van der Waals surface area contributed by atoms with Gasteiger partial charge in [-0.15, -0.1) is 0 Å². The highest BCUT2D eigenvalue weighted by Crippen LogP contribution is 2.26. The third kappa shape index (κ3) is 5.63. The Kier molecular flexibility index (Phi) is 7.02. The van der Waals surface area contributed by atoms with E-state index < -0.39 is 6.10 Å². The van der Waals surface area contributed by atoms with Crippen LogP contribution < -0.4 is 15.8 Å². The Morgan fingerprint density at radius 3 is 2.71 bits per heavy atom. The molecule has 1 amide bonds. The van der Waals surface area contributed by atoms with Crippen molar-refractivity contribution in [3.63, 3.8) is 0 Å². The summed E-state index contributed by atoms with van der Waals surface area (Å²) in [6.07, 6.45) is 1.69. The normalized spacial score (nSPS) is 13.5. The maximum Gasteiger partial charge on any atom is 0.253 e. The molecule has 0 heterocycles. The average Bonchev–Trinajstić information content (AvgIpc) is 2.45. The van der Waals surface area contributed by atoms with Crippen molar-refractivity contribution >= 4 is 17.3 Å². The van der Waals surface area contributed by atoms with E-state index >= 15 is 0 Å². The summed E-state index contributed by atoms with van der Waals surface area (Å²) in [7, 11) is 1.55. The smallest absolute Gasteiger partial charge is 0.253 e. The second-order valence-corrected chi connectivity index (χ2v) is 5.32. The zero-order chi connectivity index (χ0) is 15.8. The number of methoxy groups -OCH3 is 1. The molecule has 1 rings (SSSR count). The van der Waals surface area contributed by atoms with Crippen LogP contribution >= 0.6 is 0 Å². The third-order valence-electron chi connectivity index (χ3n) is 3.26. The highest BCUT2D eigenvalue weighted by molar-refractivity contribution is 5.95. The summed E-state index contributed by atoms with van der Waals surface area (Å²) in [4.78, 5) is 12.1. The van der Waals surface area contributed by atoms with Crippen molar-refractivity contribution in [2.75, 3.05) is 24.8 Å². The van der Waals surface area contributed by atoms with Crippen molar-refractivity contribution in [3.8, 4) is 5.75 Å². The number of amides is 1. The van der Waals surface area contributed by atoms with Gasteiger partial charge >= 0.3 is 0 Å². The zero-order valence-corrected chi connectivity index (χ0v) is 13.3. The number of hydrogen-bond donors (Lipinski definition) is 2. The Hall–Kier alpha value is -1.75. The number of carbonyl (C=O) groups is 1. The van der Waals surface area contributed by atoms with E-state index in [1.165, 1.54) is 0 Å². The Morgan fingerprint density at radius 1 is 1.38 bits per heavy atom. The molecule has 0 fully saturated rings. The second kappa shape index (κ2) is 8.52. The highest BCUT2D eigenvalue weighted by Gasteiger charge is 2.16. The Labute approximate surface area is 126 Å². The van der Waals surface area contributed by atoms with Gasteiger partial charge in [0, 0.05) is 5.69 Å². The van der Waals surface area contributed by atoms with E-state index in [9.17, 15) is 4.79 Å². The number of nitrogens with two attached hydrogens (primary N) is 1. The van der Waals surface area contributed by atoms with Crippen molar-refractivity contribution in [2.45, 2.75) is 39.7 Å². The van der Waals surface area contributed by atoms with Gasteiger partial charge in [0.25, 0.3) is 5.91 Å². The van der Waals surface area contributed by atoms with Gasteiger partial charge < -0.3 is 20.5 Å². The standard InChI is InChI=1S/C16H26N2O3/c1-5-6-11(2)10-21-12(3)16(19)18-14-9-13(17)7-8-15(14)20-4/h7-9,11-12H,5-6,10,17H2,1-4H3,(H,18,19). The van der Waals surface area contributed by atoms with Gasteiger partial charge in [0.05, 0.1) is 19.4 Å². The average molecular weight is 294 g/mol. The van der Waals surface area contributed by atoms with E-state index in [0.29, 0.717) is 29.6 Å². The Morgan fingerprint density at radius 2 is 2.10 bits per heavy atom. The Bertz CT molecular complexity index is 463. The summed E-state index contributed by atoms with van der Waals surface area (Å²) >= 11 is 0. The molecule has 0 saturated carbocycles. The molecular weight excluding hydrogens is 268 g/mol. The number of ether oxygens (including phenoxy) is 2. The van der Waals surface area contributed by atoms with Gasteiger partial charge in [-0.2, -0.15) is 0 Å². The lowest BCUT2D eigenvalue weighted by molar-refractivity contribution is -0.127. The van der Waals surface area contributed by atoms with Crippen LogP contribution in [0.3, 0.4) is 0 Å². The third-order valence-corrected chi connectivity index (χ3v) is 3.26. The maximum atomic E-state index is 12.1. The molecule has 3 N–H and O–H groups in total. The number of nitrogen functional groups attached to an aromatic ring is 1. The fourth-order valence-electron chi connectivity index (χ4n) is 2.02. The molecule has 1 aromatic carbocycles. The number of carbonyl (C=O) groups excluding carboxylic acids is 1. The molecule has 1 aromatic rings. The lowest BCUT2D eigenvalue weighted by Crippen LogP contribution is -2.29. The van der Waals surface area contributed by atoms with Gasteiger partial charge in [-0.25, -0.2) is 0 Å². The van der Waals surface area contributed by atoms with Crippen LogP contribution in [0.5, 0.6) is 5.75 Å². The predicted octanol–water partition coefficient (Wildman–Crippen LogP) is 3.06. The summed E-state index contributed by atoms with van der Waals surface area (Å²) in [6.45, 7) is 6.58. The van der Waals surface area contributed by atoms with Crippen LogP contribution in [-0.4, -0.2) is 25.7 Å². The van der Waals surface area contributed by atoms with E-state index in [2.05, 4.69) is 19.2 Å². The fraction of sp³-hybridized carbons (Fsp3) is 0.562. The number of hydrogen-bond acceptors (Lipinski definition) is 4. The SMILES string of the molecule is CCCC(C)COC(C)C(=O)Nc1cc(N)ccc1OC. The second-order valence-electron chi connectivity index (χ2n) is 5.32. The number of rotatable bonds is 8. The maximum absolute atomic E-state index is 12.1. The summed E-state index contributed by atoms with van der Waals surface area (Å²) < 4.78 is 10.8. The van der Waals surface area contributed by atoms with Crippen molar-refractivity contribution in [3.05, 3.63) is 18.2 Å². The molecule has 0 spiro atoms. The molecular formula is C16H26N2O3. The molecule has 0 aliphatic heterocycles. The van der Waals surface area contributed by atoms with Crippen molar-refractivity contribution in [1.29, 1.82) is 0 Å². The summed E-state index contributed by atoms with van der Waals surface area (Å²) in [5.74, 6) is 0.818. The molecule has 0 bridgehead atoms. The van der Waals surface area contributed by atoms with Crippen LogP contribution in [0.25, 0.3) is 0 Å². The van der Waals surface area contributed by atoms with Crippen LogP contribution in [0.1, 0.15) is 33.6 Å². The van der Waals surface area contributed by atoms with Crippen LogP contribution in [0, 0.1) is 5.92 Å². The lowest BCUT2D eigenvalue weighted by atomic mass is 10.1. The van der Waals surface area contributed by atoms with Gasteiger partial charge in [0.1, 0.15) is 11.9 Å². The molecule has 5 heteroatoms. The van der Waals surface area contributed by atoms with E-state index in [0.717, 1.165) is 12.8 Å². The van der Waals surface area contributed by atoms with Gasteiger partial charge in [-0.1, -0.05) is 20.3 Å².